The Bertz CT molecular complexity index is 804. The normalized spacial score (nSPS) is 18.5. The maximum atomic E-state index is 4.45. The van der Waals surface area contributed by atoms with Gasteiger partial charge in [0.1, 0.15) is 0 Å². The number of nitrogens with zero attached hydrogens (tertiary/aromatic N) is 3. The van der Waals surface area contributed by atoms with Crippen molar-refractivity contribution in [3.63, 3.8) is 0 Å². The first-order valence-electron chi connectivity index (χ1n) is 9.07. The zero-order valence-corrected chi connectivity index (χ0v) is 14.7. The maximum absolute atomic E-state index is 4.45. The molecule has 0 saturated carbocycles. The molecule has 5 nitrogen and oxygen atoms in total. The van der Waals surface area contributed by atoms with Crippen LogP contribution in [0.5, 0.6) is 0 Å². The highest BCUT2D eigenvalue weighted by molar-refractivity contribution is 5.29. The van der Waals surface area contributed by atoms with Crippen molar-refractivity contribution >= 4 is 0 Å². The highest BCUT2D eigenvalue weighted by Crippen LogP contribution is 2.29. The minimum Gasteiger partial charge on any atom is -0.348 e. The lowest BCUT2D eigenvalue weighted by atomic mass is 9.90. The first-order chi connectivity index (χ1) is 12.3. The van der Waals surface area contributed by atoms with E-state index in [9.17, 15) is 0 Å². The van der Waals surface area contributed by atoms with Gasteiger partial charge in [-0.25, -0.2) is 4.98 Å². The second-order valence-corrected chi connectivity index (χ2v) is 7.02. The van der Waals surface area contributed by atoms with Crippen molar-refractivity contribution < 1.29 is 0 Å². The molecular formula is C20H25N5. The predicted molar refractivity (Wildman–Crippen MR) is 98.4 cm³/mol. The van der Waals surface area contributed by atoms with E-state index in [1.165, 1.54) is 35.4 Å². The van der Waals surface area contributed by atoms with Crippen LogP contribution in [-0.2, 0) is 13.0 Å². The van der Waals surface area contributed by atoms with E-state index in [2.05, 4.69) is 62.3 Å². The Morgan fingerprint density at radius 2 is 2.12 bits per heavy atom. The number of piperidine rings is 1. The van der Waals surface area contributed by atoms with Crippen LogP contribution in [0.3, 0.4) is 0 Å². The molecule has 2 N–H and O–H groups in total. The zero-order valence-electron chi connectivity index (χ0n) is 14.7. The van der Waals surface area contributed by atoms with Crippen molar-refractivity contribution in [1.82, 2.24) is 25.1 Å². The molecule has 0 spiro atoms. The van der Waals surface area contributed by atoms with Crippen molar-refractivity contribution in [3.8, 4) is 0 Å². The summed E-state index contributed by atoms with van der Waals surface area (Å²) < 4.78 is 0. The fourth-order valence-electron chi connectivity index (χ4n) is 3.82. The molecule has 2 aromatic heterocycles. The Balaban J connectivity index is 1.47. The average molecular weight is 335 g/mol. The SMILES string of the molecule is Cc1[nH]cnc1CN1CCC[C@H](c2[nH]ncc2Cc2ccccc2)C1. The van der Waals surface area contributed by atoms with E-state index in [1.54, 1.807) is 6.33 Å². The van der Waals surface area contributed by atoms with Crippen LogP contribution in [0, 0.1) is 6.92 Å². The molecule has 1 fully saturated rings. The molecule has 1 aliphatic rings. The highest BCUT2D eigenvalue weighted by atomic mass is 15.2. The summed E-state index contributed by atoms with van der Waals surface area (Å²) in [6.45, 7) is 5.23. The van der Waals surface area contributed by atoms with E-state index in [0.717, 1.165) is 31.7 Å². The van der Waals surface area contributed by atoms with Crippen LogP contribution < -0.4 is 0 Å². The summed E-state index contributed by atoms with van der Waals surface area (Å²) in [7, 11) is 0. The van der Waals surface area contributed by atoms with Crippen molar-refractivity contribution in [1.29, 1.82) is 0 Å². The van der Waals surface area contributed by atoms with E-state index in [-0.39, 0.29) is 0 Å². The van der Waals surface area contributed by atoms with Gasteiger partial charge in [0.05, 0.1) is 18.2 Å². The monoisotopic (exact) mass is 335 g/mol. The van der Waals surface area contributed by atoms with E-state index < -0.39 is 0 Å². The first-order valence-corrected chi connectivity index (χ1v) is 9.07. The quantitative estimate of drug-likeness (QED) is 0.751. The Hall–Kier alpha value is -2.40. The van der Waals surface area contributed by atoms with Crippen LogP contribution in [0.15, 0.2) is 42.9 Å². The lowest BCUT2D eigenvalue weighted by Gasteiger charge is -2.32. The summed E-state index contributed by atoms with van der Waals surface area (Å²) in [6, 6.07) is 10.6. The minimum absolute atomic E-state index is 0.522. The average Bonchev–Trinajstić information content (AvgIpc) is 3.26. The Labute approximate surface area is 148 Å². The fourth-order valence-corrected chi connectivity index (χ4v) is 3.82. The van der Waals surface area contributed by atoms with Crippen LogP contribution >= 0.6 is 0 Å². The largest absolute Gasteiger partial charge is 0.348 e. The van der Waals surface area contributed by atoms with Crippen LogP contribution in [-0.4, -0.2) is 38.2 Å². The minimum atomic E-state index is 0.522. The molecule has 4 rings (SSSR count). The molecule has 0 radical (unpaired) electrons. The molecule has 130 valence electrons. The molecule has 0 bridgehead atoms. The number of aromatic amines is 2. The molecule has 5 heteroatoms. The van der Waals surface area contributed by atoms with E-state index >= 15 is 0 Å². The van der Waals surface area contributed by atoms with Crippen LogP contribution in [0.4, 0.5) is 0 Å². The number of benzene rings is 1. The highest BCUT2D eigenvalue weighted by Gasteiger charge is 2.25. The summed E-state index contributed by atoms with van der Waals surface area (Å²) in [6.07, 6.45) is 7.18. The van der Waals surface area contributed by atoms with Gasteiger partial charge in [0.15, 0.2) is 0 Å². The Morgan fingerprint density at radius 1 is 1.24 bits per heavy atom. The molecule has 1 saturated heterocycles. The van der Waals surface area contributed by atoms with Gasteiger partial charge in [-0.15, -0.1) is 0 Å². The van der Waals surface area contributed by atoms with Gasteiger partial charge in [-0.05, 0) is 37.4 Å². The second kappa shape index (κ2) is 7.23. The molecule has 1 aliphatic heterocycles. The van der Waals surface area contributed by atoms with E-state index in [1.807, 2.05) is 6.20 Å². The lowest BCUT2D eigenvalue weighted by molar-refractivity contribution is 0.196. The third-order valence-electron chi connectivity index (χ3n) is 5.21. The lowest BCUT2D eigenvalue weighted by Crippen LogP contribution is -2.34. The number of hydrogen-bond acceptors (Lipinski definition) is 3. The molecule has 3 aromatic rings. The second-order valence-electron chi connectivity index (χ2n) is 7.02. The van der Waals surface area contributed by atoms with Crippen molar-refractivity contribution in [2.24, 2.45) is 0 Å². The van der Waals surface area contributed by atoms with Crippen molar-refractivity contribution in [2.45, 2.75) is 38.6 Å². The predicted octanol–water partition coefficient (Wildman–Crippen LogP) is 3.41. The number of nitrogens with one attached hydrogen (secondary N) is 2. The molecule has 25 heavy (non-hydrogen) atoms. The Morgan fingerprint density at radius 3 is 2.92 bits per heavy atom. The molecule has 3 heterocycles. The van der Waals surface area contributed by atoms with Crippen LogP contribution in [0.1, 0.15) is 47.0 Å². The smallest absolute Gasteiger partial charge is 0.0925 e. The Kier molecular flexibility index (Phi) is 4.65. The molecule has 0 amide bonds. The summed E-state index contributed by atoms with van der Waals surface area (Å²) in [4.78, 5) is 10.2. The molecule has 1 aromatic carbocycles. The third-order valence-corrected chi connectivity index (χ3v) is 5.21. The molecule has 1 atom stereocenters. The molecular weight excluding hydrogens is 310 g/mol. The summed E-state index contributed by atoms with van der Waals surface area (Å²) >= 11 is 0. The topological polar surface area (TPSA) is 60.6 Å². The summed E-state index contributed by atoms with van der Waals surface area (Å²) in [5, 5.41) is 7.64. The van der Waals surface area contributed by atoms with Crippen molar-refractivity contribution in [2.75, 3.05) is 13.1 Å². The van der Waals surface area contributed by atoms with E-state index in [4.69, 9.17) is 0 Å². The summed E-state index contributed by atoms with van der Waals surface area (Å²) in [5.74, 6) is 0.522. The van der Waals surface area contributed by atoms with Gasteiger partial charge in [-0.1, -0.05) is 30.3 Å². The molecule has 0 aliphatic carbocycles. The van der Waals surface area contributed by atoms with Crippen molar-refractivity contribution in [3.05, 3.63) is 71.1 Å². The number of aryl methyl sites for hydroxylation is 1. The number of rotatable bonds is 5. The van der Waals surface area contributed by atoms with Gasteiger partial charge in [0, 0.05) is 36.8 Å². The number of imidazole rings is 1. The van der Waals surface area contributed by atoms with Gasteiger partial charge in [-0.2, -0.15) is 5.10 Å². The standard InChI is InChI=1S/C20H25N5/c1-15-19(22-14-21-15)13-25-9-5-8-17(12-25)20-18(11-23-24-20)10-16-6-3-2-4-7-16/h2-4,6-7,11,14,17H,5,8-10,12-13H2,1H3,(H,21,22)(H,23,24)/t17-/m0/s1. The number of aromatic nitrogens is 4. The van der Waals surface area contributed by atoms with Gasteiger partial charge in [0.25, 0.3) is 0 Å². The van der Waals surface area contributed by atoms with Gasteiger partial charge >= 0.3 is 0 Å². The molecule has 0 unspecified atom stereocenters. The maximum Gasteiger partial charge on any atom is 0.0925 e. The number of H-pyrrole nitrogens is 2. The van der Waals surface area contributed by atoms with Gasteiger partial charge in [0.2, 0.25) is 0 Å². The first kappa shape index (κ1) is 16.1. The van der Waals surface area contributed by atoms with E-state index in [0.29, 0.717) is 5.92 Å². The number of hydrogen-bond donors (Lipinski definition) is 2. The van der Waals surface area contributed by atoms with Gasteiger partial charge < -0.3 is 4.98 Å². The van der Waals surface area contributed by atoms with Crippen LogP contribution in [0.2, 0.25) is 0 Å². The van der Waals surface area contributed by atoms with Gasteiger partial charge in [-0.3, -0.25) is 10.00 Å². The number of likely N-dealkylation sites (tertiary alicyclic amines) is 1. The fraction of sp³-hybridized carbons (Fsp3) is 0.400. The van der Waals surface area contributed by atoms with Crippen LogP contribution in [0.25, 0.3) is 0 Å². The summed E-state index contributed by atoms with van der Waals surface area (Å²) in [5.41, 5.74) is 6.31. The zero-order chi connectivity index (χ0) is 17.1. The third kappa shape index (κ3) is 3.66.